The Bertz CT molecular complexity index is 660. The monoisotopic (exact) mass is 346 g/mol. The SMILES string of the molecule is C=Nc1c(C)ccc(C)c1OC(C)(C)C.CC.Cc1noc(C)c1C. The topological polar surface area (TPSA) is 47.6 Å². The quantitative estimate of drug-likeness (QED) is 0.588. The lowest BCUT2D eigenvalue weighted by Gasteiger charge is -2.24. The Morgan fingerprint density at radius 1 is 1.00 bits per heavy atom. The van der Waals surface area contributed by atoms with Gasteiger partial charge < -0.3 is 9.26 Å². The highest BCUT2D eigenvalue weighted by Gasteiger charge is 2.17. The predicted octanol–water partition coefficient (Wildman–Crippen LogP) is 6.44. The van der Waals surface area contributed by atoms with Gasteiger partial charge in [-0.2, -0.15) is 0 Å². The molecular weight excluding hydrogens is 312 g/mol. The van der Waals surface area contributed by atoms with Gasteiger partial charge in [0.25, 0.3) is 0 Å². The molecule has 0 spiro atoms. The summed E-state index contributed by atoms with van der Waals surface area (Å²) in [7, 11) is 0. The second-order valence-electron chi connectivity index (χ2n) is 6.70. The van der Waals surface area contributed by atoms with Gasteiger partial charge in [0.1, 0.15) is 22.8 Å². The third-order valence-electron chi connectivity index (χ3n) is 3.49. The fourth-order valence-corrected chi connectivity index (χ4v) is 1.93. The first-order valence-corrected chi connectivity index (χ1v) is 8.72. The van der Waals surface area contributed by atoms with E-state index < -0.39 is 0 Å². The summed E-state index contributed by atoms with van der Waals surface area (Å²) in [6.45, 7) is 23.6. The lowest BCUT2D eigenvalue weighted by atomic mass is 10.1. The molecule has 0 fully saturated rings. The van der Waals surface area contributed by atoms with Crippen molar-refractivity contribution in [3.05, 3.63) is 40.3 Å². The Labute approximate surface area is 153 Å². The molecule has 2 aromatic rings. The maximum Gasteiger partial charge on any atom is 0.148 e. The van der Waals surface area contributed by atoms with Crippen molar-refractivity contribution in [3.63, 3.8) is 0 Å². The van der Waals surface area contributed by atoms with Gasteiger partial charge in [-0.1, -0.05) is 31.1 Å². The highest BCUT2D eigenvalue weighted by Crippen LogP contribution is 2.36. The Kier molecular flexibility index (Phi) is 9.18. The Morgan fingerprint density at radius 2 is 1.52 bits per heavy atom. The summed E-state index contributed by atoms with van der Waals surface area (Å²) in [6, 6.07) is 4.08. The maximum atomic E-state index is 5.90. The van der Waals surface area contributed by atoms with E-state index in [4.69, 9.17) is 9.26 Å². The average molecular weight is 347 g/mol. The number of benzene rings is 1. The Balaban J connectivity index is 0.000000483. The van der Waals surface area contributed by atoms with Crippen molar-refractivity contribution >= 4 is 12.4 Å². The first-order chi connectivity index (χ1) is 11.6. The lowest BCUT2D eigenvalue weighted by molar-refractivity contribution is 0.130. The minimum absolute atomic E-state index is 0.210. The van der Waals surface area contributed by atoms with E-state index in [1.165, 1.54) is 0 Å². The standard InChI is InChI=1S/C13H19NO.C6H9NO.C2H6/c1-9-7-8-10(2)12(11(9)14-6)15-13(3,4)5;1-4-5(2)7-8-6(4)3;1-2/h7-8H,6H2,1-5H3;1-3H3;1-2H3. The van der Waals surface area contributed by atoms with Crippen molar-refractivity contribution in [2.45, 2.75) is 74.8 Å². The van der Waals surface area contributed by atoms with Gasteiger partial charge >= 0.3 is 0 Å². The van der Waals surface area contributed by atoms with Crippen LogP contribution in [0.3, 0.4) is 0 Å². The molecular formula is C21H34N2O2. The van der Waals surface area contributed by atoms with Crippen LogP contribution in [0, 0.1) is 34.6 Å². The zero-order valence-electron chi connectivity index (χ0n) is 17.6. The van der Waals surface area contributed by atoms with E-state index in [0.717, 1.165) is 39.6 Å². The molecule has 1 aromatic heterocycles. The zero-order valence-corrected chi connectivity index (χ0v) is 17.6. The molecule has 0 aliphatic carbocycles. The van der Waals surface area contributed by atoms with Gasteiger partial charge in [-0.05, 0) is 73.2 Å². The van der Waals surface area contributed by atoms with E-state index in [1.54, 1.807) is 0 Å². The smallest absolute Gasteiger partial charge is 0.148 e. The maximum absolute atomic E-state index is 5.90. The van der Waals surface area contributed by atoms with Crippen LogP contribution < -0.4 is 4.74 Å². The summed E-state index contributed by atoms with van der Waals surface area (Å²) in [5.41, 5.74) is 4.98. The summed E-state index contributed by atoms with van der Waals surface area (Å²) in [5.74, 6) is 1.76. The van der Waals surface area contributed by atoms with Crippen LogP contribution >= 0.6 is 0 Å². The minimum atomic E-state index is -0.210. The van der Waals surface area contributed by atoms with E-state index >= 15 is 0 Å². The number of nitrogens with zero attached hydrogens (tertiary/aromatic N) is 2. The molecule has 4 nitrogen and oxygen atoms in total. The Morgan fingerprint density at radius 3 is 1.84 bits per heavy atom. The number of aromatic nitrogens is 1. The second-order valence-corrected chi connectivity index (χ2v) is 6.70. The van der Waals surface area contributed by atoms with Crippen molar-refractivity contribution < 1.29 is 9.26 Å². The Hall–Kier alpha value is -2.10. The molecule has 0 radical (unpaired) electrons. The predicted molar refractivity (Wildman–Crippen MR) is 108 cm³/mol. The fourth-order valence-electron chi connectivity index (χ4n) is 1.93. The van der Waals surface area contributed by atoms with Crippen LogP contribution in [0.2, 0.25) is 0 Å². The first kappa shape index (κ1) is 22.9. The van der Waals surface area contributed by atoms with Crippen LogP contribution in [-0.2, 0) is 0 Å². The van der Waals surface area contributed by atoms with E-state index in [1.807, 2.05) is 81.4 Å². The highest BCUT2D eigenvalue weighted by atomic mass is 16.5. The molecule has 0 atom stereocenters. The molecule has 2 rings (SSSR count). The van der Waals surface area contributed by atoms with Crippen molar-refractivity contribution in [1.82, 2.24) is 5.16 Å². The first-order valence-electron chi connectivity index (χ1n) is 8.72. The molecule has 0 bridgehead atoms. The van der Waals surface area contributed by atoms with Gasteiger partial charge in [0.2, 0.25) is 0 Å². The van der Waals surface area contributed by atoms with Crippen molar-refractivity contribution in [2.24, 2.45) is 4.99 Å². The highest BCUT2D eigenvalue weighted by molar-refractivity contribution is 5.63. The lowest BCUT2D eigenvalue weighted by Crippen LogP contribution is -2.23. The van der Waals surface area contributed by atoms with Crippen molar-refractivity contribution in [2.75, 3.05) is 0 Å². The molecule has 0 saturated heterocycles. The number of aryl methyl sites for hydroxylation is 4. The summed E-state index contributed by atoms with van der Waals surface area (Å²) in [5, 5.41) is 3.74. The van der Waals surface area contributed by atoms with Crippen LogP contribution in [0.4, 0.5) is 5.69 Å². The van der Waals surface area contributed by atoms with E-state index in [0.29, 0.717) is 0 Å². The summed E-state index contributed by atoms with van der Waals surface area (Å²) in [4.78, 5) is 4.04. The molecule has 0 saturated carbocycles. The number of aliphatic imine (C=N–C) groups is 1. The molecule has 0 unspecified atom stereocenters. The van der Waals surface area contributed by atoms with Gasteiger partial charge in [-0.25, -0.2) is 0 Å². The summed E-state index contributed by atoms with van der Waals surface area (Å²) >= 11 is 0. The number of rotatable bonds is 2. The van der Waals surface area contributed by atoms with E-state index in [9.17, 15) is 0 Å². The van der Waals surface area contributed by atoms with Gasteiger partial charge in [0.15, 0.2) is 0 Å². The summed E-state index contributed by atoms with van der Waals surface area (Å²) < 4.78 is 10.7. The van der Waals surface area contributed by atoms with Gasteiger partial charge in [-0.3, -0.25) is 4.99 Å². The van der Waals surface area contributed by atoms with Crippen LogP contribution in [0.15, 0.2) is 21.6 Å². The molecule has 0 aliphatic heterocycles. The average Bonchev–Trinajstić information content (AvgIpc) is 2.84. The third kappa shape index (κ3) is 7.12. The van der Waals surface area contributed by atoms with Crippen LogP contribution in [0.1, 0.15) is 62.8 Å². The minimum Gasteiger partial charge on any atom is -0.486 e. The molecule has 140 valence electrons. The van der Waals surface area contributed by atoms with Gasteiger partial charge in [0.05, 0.1) is 5.69 Å². The zero-order chi connectivity index (χ0) is 19.8. The third-order valence-corrected chi connectivity index (χ3v) is 3.49. The van der Waals surface area contributed by atoms with Crippen LogP contribution in [-0.4, -0.2) is 17.5 Å². The second kappa shape index (κ2) is 10.0. The normalized spacial score (nSPS) is 10.2. The van der Waals surface area contributed by atoms with Crippen molar-refractivity contribution in [1.29, 1.82) is 0 Å². The molecule has 25 heavy (non-hydrogen) atoms. The molecule has 0 amide bonds. The van der Waals surface area contributed by atoms with E-state index in [2.05, 4.69) is 16.9 Å². The number of ether oxygens (including phenoxy) is 1. The molecule has 4 heteroatoms. The van der Waals surface area contributed by atoms with Gasteiger partial charge in [0, 0.05) is 5.56 Å². The fraction of sp³-hybridized carbons (Fsp3) is 0.524. The number of hydrogen-bond donors (Lipinski definition) is 0. The summed E-state index contributed by atoms with van der Waals surface area (Å²) in [6.07, 6.45) is 0. The van der Waals surface area contributed by atoms with E-state index in [-0.39, 0.29) is 5.60 Å². The van der Waals surface area contributed by atoms with Gasteiger partial charge in [-0.15, -0.1) is 0 Å². The van der Waals surface area contributed by atoms with Crippen molar-refractivity contribution in [3.8, 4) is 5.75 Å². The van der Waals surface area contributed by atoms with Crippen LogP contribution in [0.25, 0.3) is 0 Å². The molecule has 1 aromatic carbocycles. The molecule has 0 N–H and O–H groups in total. The number of hydrogen-bond acceptors (Lipinski definition) is 4. The molecule has 0 aliphatic rings. The largest absolute Gasteiger partial charge is 0.486 e. The van der Waals surface area contributed by atoms with Crippen LogP contribution in [0.5, 0.6) is 5.75 Å². The molecule has 1 heterocycles.